The molecule has 0 saturated carbocycles. The Bertz CT molecular complexity index is 1110. The Balaban J connectivity index is 1.46. The summed E-state index contributed by atoms with van der Waals surface area (Å²) >= 11 is 0. The molecular weight excluding hydrogens is 401 g/mol. The van der Waals surface area contributed by atoms with Crippen LogP contribution in [0.1, 0.15) is 12.5 Å². The molecule has 0 spiro atoms. The quantitative estimate of drug-likeness (QED) is 0.635. The summed E-state index contributed by atoms with van der Waals surface area (Å²) in [6.45, 7) is 2.41. The lowest BCUT2D eigenvalue weighted by atomic mass is 10.0. The van der Waals surface area contributed by atoms with Gasteiger partial charge in [-0.3, -0.25) is 14.4 Å². The van der Waals surface area contributed by atoms with E-state index >= 15 is 0 Å². The van der Waals surface area contributed by atoms with E-state index in [0.717, 1.165) is 11.1 Å². The number of nitrogens with two attached hydrogens (primary N) is 1. The van der Waals surface area contributed by atoms with Gasteiger partial charge in [0, 0.05) is 18.7 Å². The van der Waals surface area contributed by atoms with Crippen LogP contribution >= 0.6 is 0 Å². The van der Waals surface area contributed by atoms with Crippen molar-refractivity contribution in [2.24, 2.45) is 0 Å². The Morgan fingerprint density at radius 3 is 2.68 bits per heavy atom. The van der Waals surface area contributed by atoms with Crippen molar-refractivity contribution in [3.8, 4) is 11.1 Å². The summed E-state index contributed by atoms with van der Waals surface area (Å²) in [5.41, 5.74) is 8.20. The molecule has 0 unspecified atom stereocenters. The maximum atomic E-state index is 14.9. The Labute approximate surface area is 178 Å². The number of ether oxygens (including phenoxy) is 1. The molecule has 0 bridgehead atoms. The monoisotopic (exact) mass is 423 g/mol. The Morgan fingerprint density at radius 2 is 2.03 bits per heavy atom. The number of carbonyl (C=O) groups excluding carboxylic acids is 2. The first-order chi connectivity index (χ1) is 14.9. The van der Waals surface area contributed by atoms with E-state index in [2.05, 4.69) is 10.4 Å². The van der Waals surface area contributed by atoms with Crippen molar-refractivity contribution in [1.82, 2.24) is 15.1 Å². The molecule has 1 atom stereocenters. The van der Waals surface area contributed by atoms with E-state index in [1.807, 2.05) is 24.3 Å². The van der Waals surface area contributed by atoms with Crippen molar-refractivity contribution in [2.45, 2.75) is 19.6 Å². The van der Waals surface area contributed by atoms with Crippen molar-refractivity contribution in [3.05, 3.63) is 66.1 Å². The van der Waals surface area contributed by atoms with Crippen LogP contribution in [0.2, 0.25) is 0 Å². The molecule has 3 aromatic rings. The van der Waals surface area contributed by atoms with E-state index in [-0.39, 0.29) is 19.0 Å². The van der Waals surface area contributed by atoms with Gasteiger partial charge < -0.3 is 15.8 Å². The molecule has 160 valence electrons. The molecule has 31 heavy (non-hydrogen) atoms. The van der Waals surface area contributed by atoms with E-state index in [4.69, 9.17) is 10.5 Å². The molecule has 3 N–H and O–H groups in total. The first-order valence-electron chi connectivity index (χ1n) is 9.79. The van der Waals surface area contributed by atoms with Gasteiger partial charge >= 0.3 is 6.09 Å². The molecule has 2 heterocycles. The fourth-order valence-corrected chi connectivity index (χ4v) is 3.44. The largest absolute Gasteiger partial charge is 0.442 e. The Hall–Kier alpha value is -3.88. The van der Waals surface area contributed by atoms with Crippen LogP contribution in [0.5, 0.6) is 0 Å². The van der Waals surface area contributed by atoms with E-state index in [1.165, 1.54) is 17.9 Å². The van der Waals surface area contributed by atoms with Crippen LogP contribution in [0.4, 0.5) is 20.7 Å². The number of benzene rings is 2. The average Bonchev–Trinajstić information content (AvgIpc) is 3.32. The zero-order chi connectivity index (χ0) is 22.0. The van der Waals surface area contributed by atoms with Crippen molar-refractivity contribution < 1.29 is 18.7 Å². The Kier molecular flexibility index (Phi) is 5.57. The van der Waals surface area contributed by atoms with Crippen molar-refractivity contribution >= 4 is 23.5 Å². The van der Waals surface area contributed by atoms with Crippen LogP contribution in [-0.2, 0) is 16.1 Å². The summed E-state index contributed by atoms with van der Waals surface area (Å²) in [7, 11) is 0. The van der Waals surface area contributed by atoms with Crippen LogP contribution in [0.25, 0.3) is 11.1 Å². The molecule has 8 nitrogen and oxygen atoms in total. The summed E-state index contributed by atoms with van der Waals surface area (Å²) in [5.74, 6) is -0.185. The number of nitrogen functional groups attached to an aromatic ring is 1. The average molecular weight is 423 g/mol. The number of hydrogen-bond acceptors (Lipinski definition) is 5. The zero-order valence-corrected chi connectivity index (χ0v) is 16.9. The lowest BCUT2D eigenvalue weighted by molar-refractivity contribution is -0.119. The standard InChI is InChI=1S/C22H22FN5O3/c1-14(29)25-11-18-13-28(22(30)31-18)17-6-7-19(20(23)10-17)16-4-2-15(3-5-16)12-27-9-8-21(24)26-27/h2-10,18H,11-13H2,1H3,(H2,24,26)(H,25,29)/t18-/m0/s1. The molecule has 1 aliphatic rings. The van der Waals surface area contributed by atoms with Gasteiger partial charge in [-0.15, -0.1) is 0 Å². The highest BCUT2D eigenvalue weighted by Gasteiger charge is 2.32. The number of nitrogens with zero attached hydrogens (tertiary/aromatic N) is 3. The second-order valence-electron chi connectivity index (χ2n) is 7.35. The van der Waals surface area contributed by atoms with Crippen molar-refractivity contribution in [2.75, 3.05) is 23.7 Å². The van der Waals surface area contributed by atoms with Gasteiger partial charge in [0.2, 0.25) is 5.91 Å². The maximum absolute atomic E-state index is 14.9. The molecule has 1 fully saturated rings. The minimum Gasteiger partial charge on any atom is -0.442 e. The number of rotatable bonds is 6. The van der Waals surface area contributed by atoms with Gasteiger partial charge in [-0.1, -0.05) is 24.3 Å². The van der Waals surface area contributed by atoms with Gasteiger partial charge in [-0.25, -0.2) is 9.18 Å². The minimum absolute atomic E-state index is 0.204. The number of halogens is 1. The molecule has 1 aliphatic heterocycles. The second-order valence-corrected chi connectivity index (χ2v) is 7.35. The Morgan fingerprint density at radius 1 is 1.26 bits per heavy atom. The first kappa shape index (κ1) is 20.4. The topological polar surface area (TPSA) is 102 Å². The third-order valence-electron chi connectivity index (χ3n) is 4.99. The number of carbonyl (C=O) groups is 2. The molecule has 2 aromatic carbocycles. The minimum atomic E-state index is -0.564. The number of cyclic esters (lactones) is 1. The summed E-state index contributed by atoms with van der Waals surface area (Å²) in [6.07, 6.45) is 0.758. The van der Waals surface area contributed by atoms with Gasteiger partial charge in [0.25, 0.3) is 0 Å². The third-order valence-corrected chi connectivity index (χ3v) is 4.99. The van der Waals surface area contributed by atoms with Crippen LogP contribution in [0.15, 0.2) is 54.7 Å². The lowest BCUT2D eigenvalue weighted by Gasteiger charge is -2.15. The highest BCUT2D eigenvalue weighted by molar-refractivity contribution is 5.90. The van der Waals surface area contributed by atoms with E-state index < -0.39 is 18.0 Å². The van der Waals surface area contributed by atoms with Crippen LogP contribution in [-0.4, -0.2) is 41.0 Å². The number of hydrogen-bond donors (Lipinski definition) is 2. The third kappa shape index (κ3) is 4.66. The van der Waals surface area contributed by atoms with Crippen LogP contribution in [0, 0.1) is 5.82 Å². The summed E-state index contributed by atoms with van der Waals surface area (Å²) in [5, 5.41) is 6.77. The van der Waals surface area contributed by atoms with Gasteiger partial charge in [-0.05, 0) is 35.4 Å². The van der Waals surface area contributed by atoms with E-state index in [1.54, 1.807) is 29.1 Å². The van der Waals surface area contributed by atoms with Gasteiger partial charge in [-0.2, -0.15) is 5.10 Å². The number of nitrogens with one attached hydrogen (secondary N) is 1. The maximum Gasteiger partial charge on any atom is 0.414 e. The number of amides is 2. The highest BCUT2D eigenvalue weighted by atomic mass is 19.1. The van der Waals surface area contributed by atoms with Crippen molar-refractivity contribution in [1.29, 1.82) is 0 Å². The van der Waals surface area contributed by atoms with E-state index in [0.29, 0.717) is 23.6 Å². The first-order valence-corrected chi connectivity index (χ1v) is 9.79. The van der Waals surface area contributed by atoms with Gasteiger partial charge in [0.15, 0.2) is 0 Å². The van der Waals surface area contributed by atoms with Gasteiger partial charge in [0.1, 0.15) is 17.7 Å². The molecule has 2 amide bonds. The number of aromatic nitrogens is 2. The molecular formula is C22H22FN5O3. The predicted molar refractivity (Wildman–Crippen MR) is 114 cm³/mol. The van der Waals surface area contributed by atoms with Crippen LogP contribution < -0.4 is 16.0 Å². The van der Waals surface area contributed by atoms with Gasteiger partial charge in [0.05, 0.1) is 25.3 Å². The highest BCUT2D eigenvalue weighted by Crippen LogP contribution is 2.29. The molecule has 1 saturated heterocycles. The molecule has 1 aromatic heterocycles. The summed E-state index contributed by atoms with van der Waals surface area (Å²) in [4.78, 5) is 24.5. The van der Waals surface area contributed by atoms with E-state index in [9.17, 15) is 14.0 Å². The molecule has 9 heteroatoms. The fourth-order valence-electron chi connectivity index (χ4n) is 3.44. The summed E-state index contributed by atoms with van der Waals surface area (Å²) in [6, 6.07) is 13.9. The van der Waals surface area contributed by atoms with Crippen molar-refractivity contribution in [3.63, 3.8) is 0 Å². The normalized spacial score (nSPS) is 15.7. The fraction of sp³-hybridized carbons (Fsp3) is 0.227. The van der Waals surface area contributed by atoms with Crippen LogP contribution in [0.3, 0.4) is 0 Å². The lowest BCUT2D eigenvalue weighted by Crippen LogP contribution is -2.33. The summed E-state index contributed by atoms with van der Waals surface area (Å²) < 4.78 is 21.8. The number of anilines is 2. The molecule has 0 radical (unpaired) electrons. The SMILES string of the molecule is CC(=O)NC[C@H]1CN(c2ccc(-c3ccc(Cn4ccc(N)n4)cc3)c(F)c2)C(=O)O1. The molecule has 0 aliphatic carbocycles. The smallest absolute Gasteiger partial charge is 0.414 e. The second kappa shape index (κ2) is 8.47. The molecule has 4 rings (SSSR count). The predicted octanol–water partition coefficient (Wildman–Crippen LogP) is 2.78. The zero-order valence-electron chi connectivity index (χ0n) is 16.9.